The highest BCUT2D eigenvalue weighted by atomic mass is 16.2. The molecule has 4 N–H and O–H groups in total. The number of H-pyrrole nitrogens is 2. The minimum atomic E-state index is -0.672. The number of benzene rings is 2. The van der Waals surface area contributed by atoms with Crippen LogP contribution < -0.4 is 10.6 Å². The van der Waals surface area contributed by atoms with E-state index in [-0.39, 0.29) is 48.3 Å². The van der Waals surface area contributed by atoms with Gasteiger partial charge in [-0.25, -0.2) is 9.97 Å². The standard InChI is InChI=1S/C38H42N8O2/c1-23(2)29(17-33(47)45-37(21-39)13-14-37)35-41-19-31(43-35)27-9-5-25(6-10-27)26-7-11-28(12-8-26)32-20-42-36(44-32)30(24(3)4)18-34(48)46-38(22-40)15-16-38/h5-12,19-20,23-24,29-30H,13-18H2,1-4H3,(H,41,43)(H,42,44)(H,45,47)(H,46,48)/t29-,30-/m0/s1. The highest BCUT2D eigenvalue weighted by Crippen LogP contribution is 2.37. The Labute approximate surface area is 281 Å². The number of amides is 2. The third kappa shape index (κ3) is 7.18. The minimum absolute atomic E-state index is 0.0861. The van der Waals surface area contributed by atoms with Gasteiger partial charge in [-0.3, -0.25) is 9.59 Å². The quantitative estimate of drug-likeness (QED) is 0.126. The van der Waals surface area contributed by atoms with Crippen molar-refractivity contribution >= 4 is 11.8 Å². The van der Waals surface area contributed by atoms with Crippen LogP contribution in [-0.2, 0) is 9.59 Å². The molecule has 2 saturated carbocycles. The number of aromatic nitrogens is 4. The van der Waals surface area contributed by atoms with Gasteiger partial charge in [0.25, 0.3) is 0 Å². The van der Waals surface area contributed by atoms with E-state index in [0.717, 1.165) is 45.3 Å². The second kappa shape index (κ2) is 13.1. The molecule has 2 fully saturated rings. The molecule has 2 aromatic carbocycles. The fourth-order valence-electron chi connectivity index (χ4n) is 6.14. The number of imidazole rings is 2. The van der Waals surface area contributed by atoms with Gasteiger partial charge in [-0.1, -0.05) is 76.2 Å². The molecule has 0 bridgehead atoms. The molecule has 2 amide bonds. The summed E-state index contributed by atoms with van der Waals surface area (Å²) in [6, 6.07) is 21.0. The second-order valence-electron chi connectivity index (χ2n) is 14.1. The number of nitriles is 2. The van der Waals surface area contributed by atoms with Crippen LogP contribution in [0.15, 0.2) is 60.9 Å². The van der Waals surface area contributed by atoms with Gasteiger partial charge in [0.2, 0.25) is 11.8 Å². The highest BCUT2D eigenvalue weighted by molar-refractivity contribution is 5.79. The Balaban J connectivity index is 1.09. The maximum Gasteiger partial charge on any atom is 0.221 e. The summed E-state index contributed by atoms with van der Waals surface area (Å²) in [4.78, 5) is 41.5. The molecule has 6 rings (SSSR count). The van der Waals surface area contributed by atoms with Crippen LogP contribution in [-0.4, -0.2) is 42.8 Å². The molecule has 10 nitrogen and oxygen atoms in total. The summed E-state index contributed by atoms with van der Waals surface area (Å²) in [5, 5.41) is 24.5. The van der Waals surface area contributed by atoms with E-state index in [0.29, 0.717) is 25.7 Å². The molecule has 2 aromatic heterocycles. The van der Waals surface area contributed by atoms with Gasteiger partial charge in [0.05, 0.1) is 35.9 Å². The van der Waals surface area contributed by atoms with Gasteiger partial charge in [0, 0.05) is 24.7 Å². The zero-order valence-electron chi connectivity index (χ0n) is 27.9. The molecular formula is C38H42N8O2. The topological polar surface area (TPSA) is 163 Å². The molecule has 0 aliphatic heterocycles. The fourth-order valence-corrected chi connectivity index (χ4v) is 6.14. The van der Waals surface area contributed by atoms with Crippen molar-refractivity contribution in [2.75, 3.05) is 0 Å². The molecule has 2 aliphatic rings. The lowest BCUT2D eigenvalue weighted by molar-refractivity contribution is -0.123. The fraction of sp³-hybridized carbons (Fsp3) is 0.421. The maximum atomic E-state index is 12.7. The summed E-state index contributed by atoms with van der Waals surface area (Å²) in [5.74, 6) is 1.53. The number of nitrogens with one attached hydrogen (secondary N) is 4. The van der Waals surface area contributed by atoms with Crippen molar-refractivity contribution in [2.24, 2.45) is 11.8 Å². The largest absolute Gasteiger partial charge is 0.342 e. The summed E-state index contributed by atoms with van der Waals surface area (Å²) in [6.45, 7) is 8.31. The number of aromatic amines is 2. The van der Waals surface area contributed by atoms with Gasteiger partial charge >= 0.3 is 0 Å². The van der Waals surface area contributed by atoms with Crippen LogP contribution >= 0.6 is 0 Å². The SMILES string of the molecule is CC(C)[C@H](CC(=O)NC1(C#N)CC1)c1ncc(-c2ccc(-c3ccc(-c4cnc([C@@H](CC(=O)NC5(C#N)CC5)C(C)C)[nH]4)cc3)cc2)[nH]1. The summed E-state index contributed by atoms with van der Waals surface area (Å²) < 4.78 is 0. The second-order valence-corrected chi connectivity index (χ2v) is 14.1. The molecule has 48 heavy (non-hydrogen) atoms. The molecule has 246 valence electrons. The molecule has 0 unspecified atom stereocenters. The molecule has 4 aromatic rings. The third-order valence-corrected chi connectivity index (χ3v) is 9.72. The number of hydrogen-bond donors (Lipinski definition) is 4. The van der Waals surface area contributed by atoms with Gasteiger partial charge in [-0.05, 0) is 59.8 Å². The molecule has 2 heterocycles. The number of rotatable bonds is 13. The predicted molar refractivity (Wildman–Crippen MR) is 183 cm³/mol. The van der Waals surface area contributed by atoms with Crippen LogP contribution in [0.5, 0.6) is 0 Å². The third-order valence-electron chi connectivity index (χ3n) is 9.72. The Bertz CT molecular complexity index is 1720. The normalized spacial score (nSPS) is 16.8. The Hall–Kier alpha value is -5.22. The van der Waals surface area contributed by atoms with Gasteiger partial charge in [-0.15, -0.1) is 0 Å². The van der Waals surface area contributed by atoms with Crippen molar-refractivity contribution in [3.63, 3.8) is 0 Å². The molecule has 0 saturated heterocycles. The van der Waals surface area contributed by atoms with Crippen LogP contribution in [0.4, 0.5) is 0 Å². The summed E-state index contributed by atoms with van der Waals surface area (Å²) >= 11 is 0. The van der Waals surface area contributed by atoms with Crippen molar-refractivity contribution in [1.82, 2.24) is 30.6 Å². The molecule has 2 aliphatic carbocycles. The van der Waals surface area contributed by atoms with Crippen LogP contribution in [0.3, 0.4) is 0 Å². The molecule has 2 atom stereocenters. The zero-order chi connectivity index (χ0) is 34.1. The molecule has 0 spiro atoms. The van der Waals surface area contributed by atoms with E-state index in [2.05, 4.69) is 119 Å². The van der Waals surface area contributed by atoms with E-state index in [1.807, 2.05) is 12.4 Å². The van der Waals surface area contributed by atoms with Crippen molar-refractivity contribution in [1.29, 1.82) is 10.5 Å². The van der Waals surface area contributed by atoms with E-state index >= 15 is 0 Å². The van der Waals surface area contributed by atoms with Crippen LogP contribution in [0, 0.1) is 34.5 Å². The van der Waals surface area contributed by atoms with Gasteiger partial charge in [-0.2, -0.15) is 10.5 Å². The van der Waals surface area contributed by atoms with Crippen molar-refractivity contribution < 1.29 is 9.59 Å². The highest BCUT2D eigenvalue weighted by Gasteiger charge is 2.45. The van der Waals surface area contributed by atoms with Crippen molar-refractivity contribution in [3.05, 3.63) is 72.6 Å². The van der Waals surface area contributed by atoms with E-state index in [4.69, 9.17) is 0 Å². The first-order chi connectivity index (χ1) is 23.0. The number of carbonyl (C=O) groups is 2. The average molecular weight is 643 g/mol. The van der Waals surface area contributed by atoms with Gasteiger partial charge in [0.1, 0.15) is 22.7 Å². The smallest absolute Gasteiger partial charge is 0.221 e. The van der Waals surface area contributed by atoms with Gasteiger partial charge < -0.3 is 20.6 Å². The predicted octanol–water partition coefficient (Wildman–Crippen LogP) is 6.74. The maximum absolute atomic E-state index is 12.7. The van der Waals surface area contributed by atoms with Gasteiger partial charge in [0.15, 0.2) is 0 Å². The van der Waals surface area contributed by atoms with Crippen LogP contribution in [0.2, 0.25) is 0 Å². The Morgan fingerprint density at radius 2 is 1.00 bits per heavy atom. The van der Waals surface area contributed by atoms with Crippen LogP contribution in [0.25, 0.3) is 33.6 Å². The Kier molecular flexibility index (Phi) is 8.94. The lowest BCUT2D eigenvalue weighted by atomic mass is 9.91. The van der Waals surface area contributed by atoms with E-state index in [1.165, 1.54) is 0 Å². The first-order valence-electron chi connectivity index (χ1n) is 16.8. The number of nitrogens with zero attached hydrogens (tertiary/aromatic N) is 4. The molecular weight excluding hydrogens is 600 g/mol. The minimum Gasteiger partial charge on any atom is -0.342 e. The summed E-state index contributed by atoms with van der Waals surface area (Å²) in [5.41, 5.74) is 4.59. The Morgan fingerprint density at radius 1 is 0.667 bits per heavy atom. The Morgan fingerprint density at radius 3 is 1.29 bits per heavy atom. The summed E-state index contributed by atoms with van der Waals surface area (Å²) in [6.07, 6.45) is 7.04. The number of carbonyl (C=O) groups excluding carboxylic acids is 2. The lowest BCUT2D eigenvalue weighted by Gasteiger charge is -2.19. The number of hydrogen-bond acceptors (Lipinski definition) is 6. The first kappa shape index (κ1) is 32.7. The van der Waals surface area contributed by atoms with Crippen LogP contribution in [0.1, 0.15) is 89.7 Å². The van der Waals surface area contributed by atoms with E-state index in [1.54, 1.807) is 0 Å². The first-order valence-corrected chi connectivity index (χ1v) is 16.8. The van der Waals surface area contributed by atoms with E-state index in [9.17, 15) is 20.1 Å². The van der Waals surface area contributed by atoms with E-state index < -0.39 is 11.1 Å². The lowest BCUT2D eigenvalue weighted by Crippen LogP contribution is -2.36. The monoisotopic (exact) mass is 642 g/mol. The zero-order valence-corrected chi connectivity index (χ0v) is 27.9. The molecule has 10 heteroatoms. The van der Waals surface area contributed by atoms with Crippen molar-refractivity contribution in [2.45, 2.75) is 89.1 Å². The van der Waals surface area contributed by atoms with Crippen molar-refractivity contribution in [3.8, 4) is 45.8 Å². The molecule has 0 radical (unpaired) electrons. The average Bonchev–Trinajstić information content (AvgIpc) is 3.90. The summed E-state index contributed by atoms with van der Waals surface area (Å²) in [7, 11) is 0.